The summed E-state index contributed by atoms with van der Waals surface area (Å²) >= 11 is 0. The van der Waals surface area contributed by atoms with Crippen molar-refractivity contribution >= 4 is 5.91 Å². The Morgan fingerprint density at radius 3 is 2.57 bits per heavy atom. The number of benzene rings is 1. The average molecular weight is 289 g/mol. The molecule has 0 unspecified atom stereocenters. The van der Waals surface area contributed by atoms with Gasteiger partial charge in [-0.15, -0.1) is 0 Å². The molecule has 114 valence electrons. The first kappa shape index (κ1) is 14.4. The molecule has 0 N–H and O–H groups in total. The Morgan fingerprint density at radius 2 is 1.90 bits per heavy atom. The molecule has 0 bridgehead atoms. The van der Waals surface area contributed by atoms with E-state index in [9.17, 15) is 4.79 Å². The highest BCUT2D eigenvalue weighted by Crippen LogP contribution is 2.42. The number of methoxy groups -OCH3 is 2. The fourth-order valence-electron chi connectivity index (χ4n) is 3.64. The van der Waals surface area contributed by atoms with Crippen molar-refractivity contribution in [2.45, 2.75) is 50.3 Å². The van der Waals surface area contributed by atoms with Gasteiger partial charge in [-0.05, 0) is 30.5 Å². The lowest BCUT2D eigenvalue weighted by Gasteiger charge is -2.51. The van der Waals surface area contributed by atoms with Crippen LogP contribution in [0.4, 0.5) is 0 Å². The Hall–Kier alpha value is -1.55. The number of β-lactam (4-membered cyclic amide) rings is 1. The number of nitrogens with zero attached hydrogens (tertiary/aromatic N) is 1. The first-order chi connectivity index (χ1) is 10.3. The Balaban J connectivity index is 1.86. The summed E-state index contributed by atoms with van der Waals surface area (Å²) in [5.41, 5.74) is 1.10. The summed E-state index contributed by atoms with van der Waals surface area (Å²) in [6.45, 7) is 0. The lowest BCUT2D eigenvalue weighted by molar-refractivity contribution is -0.178. The van der Waals surface area contributed by atoms with Gasteiger partial charge in [0.15, 0.2) is 6.10 Å². The van der Waals surface area contributed by atoms with Crippen LogP contribution in [0.25, 0.3) is 0 Å². The van der Waals surface area contributed by atoms with Gasteiger partial charge in [0.25, 0.3) is 5.91 Å². The SMILES string of the molecule is COc1cccc([C@@H]2[C@H](OC)C(=O)N2C2CCCCC2)c1. The molecule has 1 saturated carbocycles. The van der Waals surface area contributed by atoms with Crippen molar-refractivity contribution in [1.29, 1.82) is 0 Å². The Bertz CT molecular complexity index is 511. The Morgan fingerprint density at radius 1 is 1.14 bits per heavy atom. The van der Waals surface area contributed by atoms with Gasteiger partial charge in [-0.1, -0.05) is 31.4 Å². The molecule has 1 saturated heterocycles. The maximum atomic E-state index is 12.4. The maximum Gasteiger partial charge on any atom is 0.255 e. The molecule has 21 heavy (non-hydrogen) atoms. The quantitative estimate of drug-likeness (QED) is 0.800. The second-order valence-corrected chi connectivity index (χ2v) is 5.92. The fraction of sp³-hybridized carbons (Fsp3) is 0.588. The lowest BCUT2D eigenvalue weighted by Crippen LogP contribution is -2.63. The van der Waals surface area contributed by atoms with Crippen LogP contribution in [-0.2, 0) is 9.53 Å². The zero-order chi connectivity index (χ0) is 14.8. The summed E-state index contributed by atoms with van der Waals surface area (Å²) in [7, 11) is 3.28. The van der Waals surface area contributed by atoms with Gasteiger partial charge in [0.1, 0.15) is 5.75 Å². The minimum atomic E-state index is -0.348. The molecule has 4 heteroatoms. The predicted molar refractivity (Wildman–Crippen MR) is 80.3 cm³/mol. The highest BCUT2D eigenvalue weighted by atomic mass is 16.5. The third kappa shape index (κ3) is 2.53. The third-order valence-electron chi connectivity index (χ3n) is 4.74. The molecule has 1 aliphatic carbocycles. The van der Waals surface area contributed by atoms with Crippen molar-refractivity contribution < 1.29 is 14.3 Å². The van der Waals surface area contributed by atoms with Crippen molar-refractivity contribution in [2.24, 2.45) is 0 Å². The van der Waals surface area contributed by atoms with Gasteiger partial charge >= 0.3 is 0 Å². The van der Waals surface area contributed by atoms with Crippen molar-refractivity contribution in [2.75, 3.05) is 14.2 Å². The van der Waals surface area contributed by atoms with Crippen LogP contribution < -0.4 is 4.74 Å². The van der Waals surface area contributed by atoms with Gasteiger partial charge in [-0.2, -0.15) is 0 Å². The number of likely N-dealkylation sites (tertiary alicyclic amines) is 1. The fourth-order valence-corrected chi connectivity index (χ4v) is 3.64. The Labute approximate surface area is 126 Å². The van der Waals surface area contributed by atoms with Gasteiger partial charge in [0.2, 0.25) is 0 Å². The molecular formula is C17H23NO3. The molecule has 1 amide bonds. The van der Waals surface area contributed by atoms with E-state index in [4.69, 9.17) is 9.47 Å². The van der Waals surface area contributed by atoms with Crippen LogP contribution in [0.5, 0.6) is 5.75 Å². The summed E-state index contributed by atoms with van der Waals surface area (Å²) in [6.07, 6.45) is 5.61. The molecule has 0 spiro atoms. The van der Waals surface area contributed by atoms with Gasteiger partial charge in [-0.25, -0.2) is 0 Å². The topological polar surface area (TPSA) is 38.8 Å². The van der Waals surface area contributed by atoms with Gasteiger partial charge in [-0.3, -0.25) is 4.79 Å². The molecule has 2 fully saturated rings. The highest BCUT2D eigenvalue weighted by molar-refractivity contribution is 5.89. The molecular weight excluding hydrogens is 266 g/mol. The number of rotatable bonds is 4. The van der Waals surface area contributed by atoms with Crippen LogP contribution in [-0.4, -0.2) is 37.2 Å². The summed E-state index contributed by atoms with van der Waals surface area (Å²) in [4.78, 5) is 14.4. The summed E-state index contributed by atoms with van der Waals surface area (Å²) in [5, 5.41) is 0. The largest absolute Gasteiger partial charge is 0.497 e. The zero-order valence-corrected chi connectivity index (χ0v) is 12.7. The molecule has 3 rings (SSSR count). The standard InChI is InChI=1S/C17H23NO3/c1-20-14-10-6-7-12(11-14)15-16(21-2)17(19)18(15)13-8-4-3-5-9-13/h6-7,10-11,13,15-16H,3-5,8-9H2,1-2H3/t15-,16+/m1/s1. The van der Waals surface area contributed by atoms with E-state index in [2.05, 4.69) is 6.07 Å². The van der Waals surface area contributed by atoms with Crippen LogP contribution in [0.1, 0.15) is 43.7 Å². The van der Waals surface area contributed by atoms with E-state index >= 15 is 0 Å². The molecule has 4 nitrogen and oxygen atoms in total. The third-order valence-corrected chi connectivity index (χ3v) is 4.74. The molecule has 1 heterocycles. The van der Waals surface area contributed by atoms with Crippen molar-refractivity contribution in [1.82, 2.24) is 4.90 Å². The average Bonchev–Trinajstić information content (AvgIpc) is 2.54. The smallest absolute Gasteiger partial charge is 0.255 e. The normalized spacial score (nSPS) is 26.6. The van der Waals surface area contributed by atoms with E-state index < -0.39 is 0 Å². The molecule has 0 aromatic heterocycles. The number of carbonyl (C=O) groups is 1. The van der Waals surface area contributed by atoms with E-state index in [0.29, 0.717) is 6.04 Å². The molecule has 2 atom stereocenters. The molecule has 1 aromatic rings. The van der Waals surface area contributed by atoms with Crippen LogP contribution in [0.2, 0.25) is 0 Å². The number of ether oxygens (including phenoxy) is 2. The second kappa shape index (κ2) is 6.06. The van der Waals surface area contributed by atoms with Gasteiger partial charge < -0.3 is 14.4 Å². The number of hydrogen-bond acceptors (Lipinski definition) is 3. The summed E-state index contributed by atoms with van der Waals surface area (Å²) in [5.74, 6) is 0.961. The van der Waals surface area contributed by atoms with Crippen LogP contribution in [0.3, 0.4) is 0 Å². The number of hydrogen-bond donors (Lipinski definition) is 0. The molecule has 0 radical (unpaired) electrons. The van der Waals surface area contributed by atoms with Crippen molar-refractivity contribution in [3.8, 4) is 5.75 Å². The van der Waals surface area contributed by atoms with E-state index in [1.807, 2.05) is 23.1 Å². The van der Waals surface area contributed by atoms with E-state index in [1.165, 1.54) is 19.3 Å². The van der Waals surface area contributed by atoms with Crippen LogP contribution in [0.15, 0.2) is 24.3 Å². The summed E-state index contributed by atoms with van der Waals surface area (Å²) in [6, 6.07) is 8.37. The molecule has 1 aromatic carbocycles. The zero-order valence-electron chi connectivity index (χ0n) is 12.7. The second-order valence-electron chi connectivity index (χ2n) is 5.92. The van der Waals surface area contributed by atoms with E-state index in [0.717, 1.165) is 24.2 Å². The molecule has 2 aliphatic rings. The predicted octanol–water partition coefficient (Wildman–Crippen LogP) is 2.93. The first-order valence-electron chi connectivity index (χ1n) is 7.75. The summed E-state index contributed by atoms with van der Waals surface area (Å²) < 4.78 is 10.7. The van der Waals surface area contributed by atoms with Crippen molar-refractivity contribution in [3.05, 3.63) is 29.8 Å². The Kier molecular flexibility index (Phi) is 4.15. The van der Waals surface area contributed by atoms with Crippen LogP contribution >= 0.6 is 0 Å². The van der Waals surface area contributed by atoms with Gasteiger partial charge in [0.05, 0.1) is 13.2 Å². The monoisotopic (exact) mass is 289 g/mol. The van der Waals surface area contributed by atoms with E-state index in [-0.39, 0.29) is 18.1 Å². The van der Waals surface area contributed by atoms with Crippen LogP contribution in [0, 0.1) is 0 Å². The maximum absolute atomic E-state index is 12.4. The van der Waals surface area contributed by atoms with Crippen molar-refractivity contribution in [3.63, 3.8) is 0 Å². The minimum Gasteiger partial charge on any atom is -0.497 e. The minimum absolute atomic E-state index is 0.0284. The number of carbonyl (C=O) groups excluding carboxylic acids is 1. The van der Waals surface area contributed by atoms with E-state index in [1.54, 1.807) is 14.2 Å². The first-order valence-corrected chi connectivity index (χ1v) is 7.75. The lowest BCUT2D eigenvalue weighted by atomic mass is 9.84. The van der Waals surface area contributed by atoms with Gasteiger partial charge in [0, 0.05) is 13.2 Å². The highest BCUT2D eigenvalue weighted by Gasteiger charge is 2.51. The number of amides is 1. The molecule has 1 aliphatic heterocycles.